The highest BCUT2D eigenvalue weighted by Gasteiger charge is 2.22. The van der Waals surface area contributed by atoms with Crippen molar-refractivity contribution in [2.45, 2.75) is 11.9 Å². The minimum absolute atomic E-state index is 0.0125. The number of aromatic nitrogens is 2. The van der Waals surface area contributed by atoms with Crippen LogP contribution >= 0.6 is 23.4 Å². The molecule has 1 aromatic heterocycles. The number of methoxy groups -OCH3 is 1. The molecule has 140 valence electrons. The molecular formula is C18H16ClN3O4S. The number of carbonyl (C=O) groups excluding carboxylic acids is 1. The number of nitrogens with zero attached hydrogens (tertiary/aromatic N) is 2. The Morgan fingerprint density at radius 3 is 2.78 bits per heavy atom. The second-order valence-electron chi connectivity index (χ2n) is 5.52. The lowest BCUT2D eigenvalue weighted by Gasteiger charge is -2.08. The molecule has 0 radical (unpaired) electrons. The zero-order valence-electron chi connectivity index (χ0n) is 14.6. The lowest BCUT2D eigenvalue weighted by molar-refractivity contribution is -0.705. The molecule has 0 aliphatic carbocycles. The van der Waals surface area contributed by atoms with Gasteiger partial charge in [0.05, 0.1) is 18.1 Å². The van der Waals surface area contributed by atoms with Crippen LogP contribution in [-0.4, -0.2) is 24.0 Å². The van der Waals surface area contributed by atoms with Crippen LogP contribution in [0.25, 0.3) is 5.69 Å². The number of anilines is 1. The Bertz CT molecular complexity index is 960. The number of benzene rings is 2. The summed E-state index contributed by atoms with van der Waals surface area (Å²) >= 11 is 7.10. The highest BCUT2D eigenvalue weighted by atomic mass is 35.5. The van der Waals surface area contributed by atoms with E-state index in [0.29, 0.717) is 22.1 Å². The fourth-order valence-electron chi connectivity index (χ4n) is 2.31. The number of ether oxygens (including phenoxy) is 1. The lowest BCUT2D eigenvalue weighted by atomic mass is 10.2. The van der Waals surface area contributed by atoms with E-state index in [1.54, 1.807) is 49.6 Å². The molecule has 0 aliphatic rings. The number of halogens is 1. The van der Waals surface area contributed by atoms with Gasteiger partial charge in [-0.15, -0.1) is 0 Å². The minimum Gasteiger partial charge on any atom is -0.538 e. The summed E-state index contributed by atoms with van der Waals surface area (Å²) in [4.78, 5) is 12.3. The molecule has 0 saturated carbocycles. The number of amides is 1. The van der Waals surface area contributed by atoms with Gasteiger partial charge in [0.15, 0.2) is 5.95 Å². The fourth-order valence-corrected chi connectivity index (χ4v) is 3.24. The highest BCUT2D eigenvalue weighted by molar-refractivity contribution is 7.99. The summed E-state index contributed by atoms with van der Waals surface area (Å²) < 4.78 is 11.2. The molecule has 3 rings (SSSR count). The van der Waals surface area contributed by atoms with Crippen molar-refractivity contribution >= 4 is 35.0 Å². The molecule has 3 aromatic rings. The third kappa shape index (κ3) is 4.35. The lowest BCUT2D eigenvalue weighted by Crippen LogP contribution is -2.35. The Balaban J connectivity index is 1.71. The fraction of sp³-hybridized carbons (Fsp3) is 0.167. The number of hydrogen-bond acceptors (Lipinski definition) is 6. The van der Waals surface area contributed by atoms with Gasteiger partial charge in [-0.3, -0.25) is 4.79 Å². The predicted molar refractivity (Wildman–Crippen MR) is 99.6 cm³/mol. The second-order valence-corrected chi connectivity index (χ2v) is 6.90. The van der Waals surface area contributed by atoms with E-state index >= 15 is 0 Å². The van der Waals surface area contributed by atoms with Crippen molar-refractivity contribution in [1.29, 1.82) is 0 Å². The maximum atomic E-state index is 12.3. The molecule has 7 nitrogen and oxygen atoms in total. The first-order valence-corrected chi connectivity index (χ1v) is 9.27. The van der Waals surface area contributed by atoms with Gasteiger partial charge in [-0.05, 0) is 53.2 Å². The summed E-state index contributed by atoms with van der Waals surface area (Å²) in [5.74, 6) is -0.191. The van der Waals surface area contributed by atoms with E-state index in [2.05, 4.69) is 10.6 Å². The quantitative estimate of drug-likeness (QED) is 0.501. The molecule has 2 aromatic carbocycles. The highest BCUT2D eigenvalue weighted by Crippen LogP contribution is 2.26. The molecule has 0 spiro atoms. The van der Waals surface area contributed by atoms with Crippen molar-refractivity contribution in [3.05, 3.63) is 53.1 Å². The van der Waals surface area contributed by atoms with Gasteiger partial charge >= 0.3 is 0 Å². The van der Waals surface area contributed by atoms with Crippen molar-refractivity contribution < 1.29 is 23.8 Å². The van der Waals surface area contributed by atoms with Crippen LogP contribution in [0, 0.1) is 6.92 Å². The number of thioether (sulfide) groups is 1. The molecule has 0 bridgehead atoms. The third-order valence-electron chi connectivity index (χ3n) is 3.77. The van der Waals surface area contributed by atoms with E-state index in [1.807, 2.05) is 6.92 Å². The van der Waals surface area contributed by atoms with Gasteiger partial charge in [-0.25, -0.2) is 0 Å². The van der Waals surface area contributed by atoms with Crippen molar-refractivity contribution in [3.63, 3.8) is 0 Å². The Morgan fingerprint density at radius 1 is 1.33 bits per heavy atom. The van der Waals surface area contributed by atoms with Gasteiger partial charge in [-0.2, -0.15) is 0 Å². The van der Waals surface area contributed by atoms with Crippen LogP contribution < -0.4 is 19.8 Å². The Hall–Kier alpha value is -2.71. The van der Waals surface area contributed by atoms with E-state index in [9.17, 15) is 9.90 Å². The Kier molecular flexibility index (Phi) is 5.88. The predicted octanol–water partition coefficient (Wildman–Crippen LogP) is 2.73. The zero-order chi connectivity index (χ0) is 19.4. The normalized spacial score (nSPS) is 10.6. The average Bonchev–Trinajstić information content (AvgIpc) is 3.04. The summed E-state index contributed by atoms with van der Waals surface area (Å²) in [6, 6.07) is 12.2. The second kappa shape index (κ2) is 8.32. The first-order chi connectivity index (χ1) is 13.0. The minimum atomic E-state index is -0.609. The number of rotatable bonds is 6. The first-order valence-electron chi connectivity index (χ1n) is 7.91. The van der Waals surface area contributed by atoms with Gasteiger partial charge in [0.1, 0.15) is 5.75 Å². The average molecular weight is 406 g/mol. The van der Waals surface area contributed by atoms with Crippen molar-refractivity contribution in [2.75, 3.05) is 18.2 Å². The molecule has 0 atom stereocenters. The van der Waals surface area contributed by atoms with Crippen molar-refractivity contribution in [3.8, 4) is 17.4 Å². The topological polar surface area (TPSA) is 91.3 Å². The summed E-state index contributed by atoms with van der Waals surface area (Å²) in [5, 5.41) is 19.3. The molecule has 0 fully saturated rings. The van der Waals surface area contributed by atoms with E-state index in [1.165, 1.54) is 4.68 Å². The smallest absolute Gasteiger partial charge is 0.298 e. The SMILES string of the molecule is COc1ccc(-[n+]2noc([O-])c2SCC(=O)Nc2cccc(Cl)c2C)cc1. The van der Waals surface area contributed by atoms with Crippen LogP contribution in [0.3, 0.4) is 0 Å². The summed E-state index contributed by atoms with van der Waals surface area (Å²) in [6.45, 7) is 1.82. The van der Waals surface area contributed by atoms with Crippen LogP contribution in [0.1, 0.15) is 5.56 Å². The maximum absolute atomic E-state index is 12.3. The Morgan fingerprint density at radius 2 is 2.07 bits per heavy atom. The van der Waals surface area contributed by atoms with Gasteiger partial charge in [-0.1, -0.05) is 17.7 Å². The molecule has 1 heterocycles. The third-order valence-corrected chi connectivity index (χ3v) is 5.20. The molecule has 9 heteroatoms. The van der Waals surface area contributed by atoms with Crippen LogP contribution in [0.2, 0.25) is 5.02 Å². The van der Waals surface area contributed by atoms with E-state index in [4.69, 9.17) is 20.9 Å². The molecule has 0 saturated heterocycles. The van der Waals surface area contributed by atoms with Crippen LogP contribution in [-0.2, 0) is 4.79 Å². The van der Waals surface area contributed by atoms with Crippen molar-refractivity contribution in [2.24, 2.45) is 0 Å². The first kappa shape index (κ1) is 19.1. The van der Waals surface area contributed by atoms with Crippen LogP contribution in [0.15, 0.2) is 52.0 Å². The largest absolute Gasteiger partial charge is 0.538 e. The zero-order valence-corrected chi connectivity index (χ0v) is 16.1. The number of carbonyl (C=O) groups is 1. The standard InChI is InChI=1S/C18H16ClN3O4S/c1-11-14(19)4-3-5-15(11)20-16(23)10-27-17-18(24)26-21-22(17)12-6-8-13(25-2)9-7-12/h3-9H,10H2,1-2H3,(H-,20,21,23,24). The van der Waals surface area contributed by atoms with Crippen LogP contribution in [0.4, 0.5) is 5.69 Å². The number of nitrogens with one attached hydrogen (secondary N) is 1. The summed E-state index contributed by atoms with van der Waals surface area (Å²) in [5.41, 5.74) is 2.03. The van der Waals surface area contributed by atoms with E-state index < -0.39 is 5.95 Å². The molecule has 0 unspecified atom stereocenters. The van der Waals surface area contributed by atoms with Crippen molar-refractivity contribution in [1.82, 2.24) is 5.27 Å². The van der Waals surface area contributed by atoms with Gasteiger partial charge in [0, 0.05) is 22.8 Å². The molecule has 27 heavy (non-hydrogen) atoms. The molecule has 1 amide bonds. The van der Waals surface area contributed by atoms with E-state index in [-0.39, 0.29) is 16.7 Å². The van der Waals surface area contributed by atoms with Gasteiger partial charge < -0.3 is 19.7 Å². The van der Waals surface area contributed by atoms with Gasteiger partial charge in [0.25, 0.3) is 5.03 Å². The molecule has 1 N–H and O–H groups in total. The summed E-state index contributed by atoms with van der Waals surface area (Å²) in [7, 11) is 1.57. The molecule has 0 aliphatic heterocycles. The summed E-state index contributed by atoms with van der Waals surface area (Å²) in [6.07, 6.45) is 0. The Labute approximate surface area is 164 Å². The maximum Gasteiger partial charge on any atom is 0.298 e. The number of hydrogen-bond donors (Lipinski definition) is 1. The van der Waals surface area contributed by atoms with Gasteiger partial charge in [0.2, 0.25) is 11.6 Å². The monoisotopic (exact) mass is 405 g/mol. The molecular weight excluding hydrogens is 390 g/mol. The van der Waals surface area contributed by atoms with E-state index in [0.717, 1.165) is 17.3 Å². The van der Waals surface area contributed by atoms with Crippen LogP contribution in [0.5, 0.6) is 11.7 Å².